The summed E-state index contributed by atoms with van der Waals surface area (Å²) in [5.41, 5.74) is 5.65. The number of carbonyl (C=O) groups excluding carboxylic acids is 1. The van der Waals surface area contributed by atoms with E-state index in [2.05, 4.69) is 9.88 Å². The maximum absolute atomic E-state index is 12.4. The van der Waals surface area contributed by atoms with E-state index in [1.165, 1.54) is 6.07 Å². The van der Waals surface area contributed by atoms with Gasteiger partial charge in [0.2, 0.25) is 5.56 Å². The normalized spacial score (nSPS) is 16.7. The van der Waals surface area contributed by atoms with Crippen molar-refractivity contribution in [1.29, 1.82) is 0 Å². The molecule has 1 fully saturated rings. The average molecular weight is 292 g/mol. The minimum absolute atomic E-state index is 0.0866. The van der Waals surface area contributed by atoms with Crippen molar-refractivity contribution in [3.63, 3.8) is 0 Å². The molecule has 1 aromatic heterocycles. The van der Waals surface area contributed by atoms with E-state index in [-0.39, 0.29) is 11.5 Å². The number of nitrogens with two attached hydrogens (primary N) is 1. The van der Waals surface area contributed by atoms with Gasteiger partial charge in [-0.1, -0.05) is 6.07 Å². The van der Waals surface area contributed by atoms with Crippen LogP contribution in [0, 0.1) is 0 Å². The van der Waals surface area contributed by atoms with Gasteiger partial charge in [-0.25, -0.2) is 0 Å². The van der Waals surface area contributed by atoms with Crippen LogP contribution in [0.4, 0.5) is 0 Å². The van der Waals surface area contributed by atoms with Crippen molar-refractivity contribution in [3.8, 4) is 0 Å². The number of nitrogens with one attached hydrogen (secondary N) is 1. The molecule has 0 saturated carbocycles. The second-order valence-electron chi connectivity index (χ2n) is 5.41. The predicted molar refractivity (Wildman–Crippen MR) is 82.3 cm³/mol. The molecule has 2 rings (SSSR count). The molecule has 21 heavy (non-hydrogen) atoms. The first kappa shape index (κ1) is 15.7. The molecule has 1 amide bonds. The number of pyridine rings is 1. The molecule has 3 N–H and O–H groups in total. The Bertz CT molecular complexity index is 514. The molecule has 1 saturated heterocycles. The van der Waals surface area contributed by atoms with Crippen molar-refractivity contribution < 1.29 is 4.79 Å². The highest BCUT2D eigenvalue weighted by Crippen LogP contribution is 2.08. The monoisotopic (exact) mass is 292 g/mol. The Labute approximate surface area is 124 Å². The number of aromatic nitrogens is 1. The molecule has 6 heteroatoms. The molecule has 116 valence electrons. The summed E-state index contributed by atoms with van der Waals surface area (Å²) in [5.74, 6) is -0.0866. The highest BCUT2D eigenvalue weighted by atomic mass is 16.2. The average Bonchev–Trinajstić information content (AvgIpc) is 2.72. The minimum Gasteiger partial charge on any atom is -0.336 e. The quantitative estimate of drug-likeness (QED) is 0.763. The Morgan fingerprint density at radius 3 is 2.81 bits per heavy atom. The minimum atomic E-state index is -0.237. The van der Waals surface area contributed by atoms with E-state index in [1.807, 2.05) is 4.90 Å². The van der Waals surface area contributed by atoms with Gasteiger partial charge in [-0.3, -0.25) is 9.59 Å². The summed E-state index contributed by atoms with van der Waals surface area (Å²) in [6, 6.07) is 4.69. The molecular formula is C15H24N4O2. The summed E-state index contributed by atoms with van der Waals surface area (Å²) in [6.07, 6.45) is 3.12. The van der Waals surface area contributed by atoms with E-state index in [0.29, 0.717) is 12.2 Å². The number of H-pyrrole nitrogens is 1. The molecular weight excluding hydrogens is 268 g/mol. The molecule has 0 bridgehead atoms. The lowest BCUT2D eigenvalue weighted by molar-refractivity contribution is 0.0755. The van der Waals surface area contributed by atoms with Crippen LogP contribution in [0.15, 0.2) is 23.0 Å². The summed E-state index contributed by atoms with van der Waals surface area (Å²) in [5, 5.41) is 0. The summed E-state index contributed by atoms with van der Waals surface area (Å²) < 4.78 is 0. The molecule has 1 aliphatic rings. The van der Waals surface area contributed by atoms with Crippen LogP contribution >= 0.6 is 0 Å². The standard InChI is InChI=1S/C15H24N4O2/c16-7-1-2-8-18-9-4-10-19(12-11-18)15(21)13-5-3-6-14(20)17-13/h3,5-6H,1-2,4,7-12,16H2,(H,17,20). The van der Waals surface area contributed by atoms with Crippen LogP contribution < -0.4 is 11.3 Å². The zero-order valence-electron chi connectivity index (χ0n) is 12.4. The summed E-state index contributed by atoms with van der Waals surface area (Å²) in [4.78, 5) is 30.5. The predicted octanol–water partition coefficient (Wildman–Crippen LogP) is 0.262. The van der Waals surface area contributed by atoms with Crippen LogP contribution in [-0.2, 0) is 0 Å². The second-order valence-corrected chi connectivity index (χ2v) is 5.41. The van der Waals surface area contributed by atoms with E-state index in [4.69, 9.17) is 5.73 Å². The third-order valence-electron chi connectivity index (χ3n) is 3.80. The molecule has 6 nitrogen and oxygen atoms in total. The third-order valence-corrected chi connectivity index (χ3v) is 3.80. The molecule has 0 aliphatic carbocycles. The van der Waals surface area contributed by atoms with Gasteiger partial charge in [-0.2, -0.15) is 0 Å². The number of hydrogen-bond acceptors (Lipinski definition) is 4. The highest BCUT2D eigenvalue weighted by molar-refractivity contribution is 5.92. The number of unbranched alkanes of at least 4 members (excludes halogenated alkanes) is 1. The smallest absolute Gasteiger partial charge is 0.270 e. The summed E-state index contributed by atoms with van der Waals surface area (Å²) in [7, 11) is 0. The maximum Gasteiger partial charge on any atom is 0.270 e. The number of rotatable bonds is 5. The molecule has 2 heterocycles. The van der Waals surface area contributed by atoms with E-state index in [1.54, 1.807) is 12.1 Å². The van der Waals surface area contributed by atoms with Gasteiger partial charge in [-0.05, 0) is 45.0 Å². The van der Waals surface area contributed by atoms with Crippen LogP contribution in [0.25, 0.3) is 0 Å². The van der Waals surface area contributed by atoms with Crippen LogP contribution in [0.1, 0.15) is 29.8 Å². The summed E-state index contributed by atoms with van der Waals surface area (Å²) >= 11 is 0. The van der Waals surface area contributed by atoms with Gasteiger partial charge in [-0.15, -0.1) is 0 Å². The molecule has 1 aliphatic heterocycles. The Hall–Kier alpha value is -1.66. The van der Waals surface area contributed by atoms with Gasteiger partial charge >= 0.3 is 0 Å². The van der Waals surface area contributed by atoms with Crippen molar-refractivity contribution in [2.75, 3.05) is 39.3 Å². The molecule has 0 spiro atoms. The van der Waals surface area contributed by atoms with E-state index < -0.39 is 0 Å². The van der Waals surface area contributed by atoms with Gasteiger partial charge in [0.1, 0.15) is 5.69 Å². The van der Waals surface area contributed by atoms with Crippen LogP contribution in [0.2, 0.25) is 0 Å². The highest BCUT2D eigenvalue weighted by Gasteiger charge is 2.20. The van der Waals surface area contributed by atoms with E-state index >= 15 is 0 Å². The van der Waals surface area contributed by atoms with Crippen LogP contribution in [0.5, 0.6) is 0 Å². The summed E-state index contributed by atoms with van der Waals surface area (Å²) in [6.45, 7) is 5.12. The first-order valence-electron chi connectivity index (χ1n) is 7.62. The molecule has 0 unspecified atom stereocenters. The molecule has 0 atom stereocenters. The lowest BCUT2D eigenvalue weighted by Crippen LogP contribution is -2.36. The Balaban J connectivity index is 1.90. The van der Waals surface area contributed by atoms with Gasteiger partial charge in [0, 0.05) is 25.7 Å². The van der Waals surface area contributed by atoms with Crippen molar-refractivity contribution in [2.24, 2.45) is 5.73 Å². The fraction of sp³-hybridized carbons (Fsp3) is 0.600. The second kappa shape index (κ2) is 7.95. The Morgan fingerprint density at radius 2 is 2.05 bits per heavy atom. The lowest BCUT2D eigenvalue weighted by Gasteiger charge is -2.21. The van der Waals surface area contributed by atoms with E-state index in [0.717, 1.165) is 52.0 Å². The Morgan fingerprint density at radius 1 is 1.19 bits per heavy atom. The zero-order valence-corrected chi connectivity index (χ0v) is 12.4. The Kier molecular flexibility index (Phi) is 5.95. The van der Waals surface area contributed by atoms with Gasteiger partial charge in [0.05, 0.1) is 0 Å². The molecule has 1 aromatic rings. The number of nitrogens with zero attached hydrogens (tertiary/aromatic N) is 2. The van der Waals surface area contributed by atoms with Crippen molar-refractivity contribution in [1.82, 2.24) is 14.8 Å². The largest absolute Gasteiger partial charge is 0.336 e. The maximum atomic E-state index is 12.4. The van der Waals surface area contributed by atoms with Crippen LogP contribution in [0.3, 0.4) is 0 Å². The van der Waals surface area contributed by atoms with Crippen molar-refractivity contribution in [3.05, 3.63) is 34.2 Å². The fourth-order valence-corrected chi connectivity index (χ4v) is 2.62. The number of carbonyl (C=O) groups is 1. The third kappa shape index (κ3) is 4.68. The number of hydrogen-bond donors (Lipinski definition) is 2. The molecule has 0 aromatic carbocycles. The molecule has 0 radical (unpaired) electrons. The number of amides is 1. The van der Waals surface area contributed by atoms with Gasteiger partial charge in [0.15, 0.2) is 0 Å². The van der Waals surface area contributed by atoms with Crippen molar-refractivity contribution in [2.45, 2.75) is 19.3 Å². The van der Waals surface area contributed by atoms with Crippen LogP contribution in [-0.4, -0.2) is 60.0 Å². The lowest BCUT2D eigenvalue weighted by atomic mass is 10.3. The first-order valence-corrected chi connectivity index (χ1v) is 7.62. The number of aromatic amines is 1. The SMILES string of the molecule is NCCCCN1CCCN(C(=O)c2cccc(=O)[nH]2)CC1. The zero-order chi connectivity index (χ0) is 15.1. The van der Waals surface area contributed by atoms with Crippen molar-refractivity contribution >= 4 is 5.91 Å². The fourth-order valence-electron chi connectivity index (χ4n) is 2.62. The van der Waals surface area contributed by atoms with E-state index in [9.17, 15) is 9.59 Å². The van der Waals surface area contributed by atoms with Gasteiger partial charge in [0.25, 0.3) is 5.91 Å². The first-order chi connectivity index (χ1) is 10.2. The van der Waals surface area contributed by atoms with Gasteiger partial charge < -0.3 is 20.5 Å². The topological polar surface area (TPSA) is 82.4 Å².